The number of amidine groups is 1. The highest BCUT2D eigenvalue weighted by molar-refractivity contribution is 9.10. The quantitative estimate of drug-likeness (QED) is 0.571. The maximum Gasteiger partial charge on any atom is 0.168 e. The number of hydrogen-bond acceptors (Lipinski definition) is 2. The van der Waals surface area contributed by atoms with Gasteiger partial charge in [-0.15, -0.1) is 0 Å². The van der Waals surface area contributed by atoms with Crippen molar-refractivity contribution in [3.63, 3.8) is 0 Å². The highest BCUT2D eigenvalue weighted by Crippen LogP contribution is 2.23. The molecule has 0 radical (unpaired) electrons. The van der Waals surface area contributed by atoms with E-state index in [2.05, 4.69) is 25.9 Å². The van der Waals surface area contributed by atoms with Crippen LogP contribution in [-0.4, -0.2) is 29.8 Å². The van der Waals surface area contributed by atoms with Crippen LogP contribution in [0.3, 0.4) is 0 Å². The van der Waals surface area contributed by atoms with E-state index in [0.717, 1.165) is 21.8 Å². The number of halogens is 1. The lowest BCUT2D eigenvalue weighted by Gasteiger charge is -2.11. The van der Waals surface area contributed by atoms with Gasteiger partial charge >= 0.3 is 0 Å². The van der Waals surface area contributed by atoms with E-state index in [4.69, 9.17) is 0 Å². The number of aliphatic imine (C=N–C) groups is 1. The lowest BCUT2D eigenvalue weighted by Crippen LogP contribution is -2.17. The van der Waals surface area contributed by atoms with Crippen LogP contribution in [0.15, 0.2) is 21.6 Å². The summed E-state index contributed by atoms with van der Waals surface area (Å²) in [7, 11) is 3.92. The minimum atomic E-state index is 0.733. The third-order valence-electron chi connectivity index (χ3n) is 1.88. The van der Waals surface area contributed by atoms with Crippen molar-refractivity contribution in [3.8, 4) is 0 Å². The Balaban J connectivity index is 3.07. The fourth-order valence-electron chi connectivity index (χ4n) is 0.858. The molecule has 0 unspecified atom stereocenters. The molecule has 0 saturated carbocycles. The number of aromatic nitrogens is 1. The fourth-order valence-corrected chi connectivity index (χ4v) is 1.17. The zero-order valence-corrected chi connectivity index (χ0v) is 10.5. The van der Waals surface area contributed by atoms with Gasteiger partial charge in [0.15, 0.2) is 5.82 Å². The maximum atomic E-state index is 4.40. The number of nitrogens with zero attached hydrogens (tertiary/aromatic N) is 3. The van der Waals surface area contributed by atoms with Crippen molar-refractivity contribution in [1.82, 2.24) is 9.88 Å². The minimum Gasteiger partial charge on any atom is -0.366 e. The third kappa shape index (κ3) is 2.80. The molecule has 1 heterocycles. The van der Waals surface area contributed by atoms with Crippen LogP contribution in [0.5, 0.6) is 0 Å². The molecular weight excluding hydrogens is 242 g/mol. The number of rotatable bonds is 1. The topological polar surface area (TPSA) is 28.5 Å². The smallest absolute Gasteiger partial charge is 0.168 e. The molecule has 0 saturated heterocycles. The summed E-state index contributed by atoms with van der Waals surface area (Å²) in [5, 5.41) is 0. The van der Waals surface area contributed by atoms with Crippen molar-refractivity contribution in [1.29, 1.82) is 0 Å². The van der Waals surface area contributed by atoms with Crippen LogP contribution in [0.1, 0.15) is 12.6 Å². The Bertz CT molecular complexity index is 358. The fraction of sp³-hybridized carbons (Fsp3) is 0.400. The van der Waals surface area contributed by atoms with Gasteiger partial charge in [-0.1, -0.05) is 0 Å². The van der Waals surface area contributed by atoms with Crippen molar-refractivity contribution in [2.75, 3.05) is 14.1 Å². The van der Waals surface area contributed by atoms with E-state index in [9.17, 15) is 0 Å². The second-order valence-corrected chi connectivity index (χ2v) is 4.17. The average Bonchev–Trinajstić information content (AvgIpc) is 2.11. The molecule has 0 amide bonds. The molecule has 4 heteroatoms. The predicted molar refractivity (Wildman–Crippen MR) is 63.1 cm³/mol. The van der Waals surface area contributed by atoms with E-state index in [-0.39, 0.29) is 0 Å². The predicted octanol–water partition coefficient (Wildman–Crippen LogP) is 2.76. The Kier molecular flexibility index (Phi) is 3.63. The molecule has 14 heavy (non-hydrogen) atoms. The summed E-state index contributed by atoms with van der Waals surface area (Å²) in [6, 6.07) is 3.91. The Labute approximate surface area is 93.0 Å². The van der Waals surface area contributed by atoms with Crippen LogP contribution >= 0.6 is 15.9 Å². The van der Waals surface area contributed by atoms with E-state index < -0.39 is 0 Å². The summed E-state index contributed by atoms with van der Waals surface area (Å²) in [6.45, 7) is 3.91. The van der Waals surface area contributed by atoms with Crippen LogP contribution in [-0.2, 0) is 0 Å². The molecule has 1 aromatic rings. The van der Waals surface area contributed by atoms with Crippen molar-refractivity contribution >= 4 is 27.6 Å². The van der Waals surface area contributed by atoms with Crippen molar-refractivity contribution < 1.29 is 0 Å². The molecule has 0 spiro atoms. The van der Waals surface area contributed by atoms with Gasteiger partial charge in [-0.3, -0.25) is 0 Å². The van der Waals surface area contributed by atoms with Gasteiger partial charge in [0, 0.05) is 19.8 Å². The molecule has 1 rings (SSSR count). The Morgan fingerprint density at radius 1 is 1.43 bits per heavy atom. The Hall–Kier alpha value is -0.900. The molecule has 0 N–H and O–H groups in total. The van der Waals surface area contributed by atoms with Gasteiger partial charge in [0.2, 0.25) is 0 Å². The van der Waals surface area contributed by atoms with Gasteiger partial charge < -0.3 is 4.90 Å². The zero-order chi connectivity index (χ0) is 10.7. The summed E-state index contributed by atoms with van der Waals surface area (Å²) in [4.78, 5) is 10.7. The SMILES string of the molecule is C/C(=N\c1nc(C)ccc1Br)N(C)C. The lowest BCUT2D eigenvalue weighted by atomic mass is 10.4. The van der Waals surface area contributed by atoms with Crippen LogP contribution < -0.4 is 0 Å². The molecule has 0 aromatic carbocycles. The van der Waals surface area contributed by atoms with Gasteiger partial charge in [-0.2, -0.15) is 0 Å². The number of hydrogen-bond donors (Lipinski definition) is 0. The van der Waals surface area contributed by atoms with E-state index >= 15 is 0 Å². The monoisotopic (exact) mass is 255 g/mol. The molecule has 0 aliphatic rings. The molecule has 0 atom stereocenters. The zero-order valence-electron chi connectivity index (χ0n) is 8.87. The van der Waals surface area contributed by atoms with Crippen molar-refractivity contribution in [3.05, 3.63) is 22.3 Å². The first kappa shape index (κ1) is 11.2. The number of aryl methyl sites for hydroxylation is 1. The van der Waals surface area contributed by atoms with E-state index in [0.29, 0.717) is 0 Å². The molecular formula is C10H14BrN3. The summed E-state index contributed by atoms with van der Waals surface area (Å²) >= 11 is 3.42. The highest BCUT2D eigenvalue weighted by atomic mass is 79.9. The van der Waals surface area contributed by atoms with Gasteiger partial charge in [0.1, 0.15) is 5.84 Å². The third-order valence-corrected chi connectivity index (χ3v) is 2.50. The Morgan fingerprint density at radius 2 is 2.07 bits per heavy atom. The molecule has 76 valence electrons. The second kappa shape index (κ2) is 4.55. The van der Waals surface area contributed by atoms with Gasteiger partial charge in [-0.25, -0.2) is 9.98 Å². The van der Waals surface area contributed by atoms with Crippen LogP contribution in [0.25, 0.3) is 0 Å². The van der Waals surface area contributed by atoms with Crippen LogP contribution in [0, 0.1) is 6.92 Å². The minimum absolute atomic E-state index is 0.733. The van der Waals surface area contributed by atoms with Gasteiger partial charge in [0.05, 0.1) is 4.47 Å². The van der Waals surface area contributed by atoms with Gasteiger partial charge in [0.25, 0.3) is 0 Å². The van der Waals surface area contributed by atoms with E-state index in [1.54, 1.807) is 0 Å². The lowest BCUT2D eigenvalue weighted by molar-refractivity contribution is 0.618. The molecule has 0 fully saturated rings. The number of pyridine rings is 1. The largest absolute Gasteiger partial charge is 0.366 e. The summed E-state index contributed by atoms with van der Waals surface area (Å²) in [5.74, 6) is 1.67. The Morgan fingerprint density at radius 3 is 2.64 bits per heavy atom. The molecule has 0 aliphatic carbocycles. The molecule has 3 nitrogen and oxygen atoms in total. The first-order valence-corrected chi connectivity index (χ1v) is 5.16. The normalized spacial score (nSPS) is 11.6. The average molecular weight is 256 g/mol. The summed E-state index contributed by atoms with van der Waals surface area (Å²) < 4.78 is 0.921. The first-order valence-electron chi connectivity index (χ1n) is 4.36. The van der Waals surface area contributed by atoms with E-state index in [1.807, 2.05) is 45.0 Å². The van der Waals surface area contributed by atoms with Crippen LogP contribution in [0.2, 0.25) is 0 Å². The van der Waals surface area contributed by atoms with Gasteiger partial charge in [-0.05, 0) is 41.9 Å². The van der Waals surface area contributed by atoms with Crippen LogP contribution in [0.4, 0.5) is 5.82 Å². The summed E-state index contributed by atoms with van der Waals surface area (Å²) in [5.41, 5.74) is 0.971. The molecule has 1 aromatic heterocycles. The first-order chi connectivity index (χ1) is 6.50. The molecule has 0 aliphatic heterocycles. The standard InChI is InChI=1S/C10H14BrN3/c1-7-5-6-9(11)10(12-7)13-8(2)14(3)4/h5-6H,1-4H3/b13-8+. The maximum absolute atomic E-state index is 4.40. The molecule has 0 bridgehead atoms. The van der Waals surface area contributed by atoms with Crippen molar-refractivity contribution in [2.45, 2.75) is 13.8 Å². The van der Waals surface area contributed by atoms with E-state index in [1.165, 1.54) is 0 Å². The second-order valence-electron chi connectivity index (χ2n) is 3.31. The summed E-state index contributed by atoms with van der Waals surface area (Å²) in [6.07, 6.45) is 0. The van der Waals surface area contributed by atoms with Crippen molar-refractivity contribution in [2.24, 2.45) is 4.99 Å². The highest BCUT2D eigenvalue weighted by Gasteiger charge is 2.01.